The smallest absolute Gasteiger partial charge is 0.255 e. The minimum absolute atomic E-state index is 0. The Morgan fingerprint density at radius 1 is 1.22 bits per heavy atom. The summed E-state index contributed by atoms with van der Waals surface area (Å²) in [6.45, 7) is 4.44. The number of hydrogen-bond donors (Lipinski definition) is 2. The molecule has 2 aromatic rings. The van der Waals surface area contributed by atoms with Crippen molar-refractivity contribution >= 4 is 24.0 Å². The van der Waals surface area contributed by atoms with Gasteiger partial charge < -0.3 is 15.4 Å². The highest BCUT2D eigenvalue weighted by Crippen LogP contribution is 2.21. The fourth-order valence-corrected chi connectivity index (χ4v) is 2.55. The van der Waals surface area contributed by atoms with Crippen molar-refractivity contribution in [3.8, 4) is 0 Å². The summed E-state index contributed by atoms with van der Waals surface area (Å²) in [7, 11) is 0. The Bertz CT molecular complexity index is 652. The Morgan fingerprint density at radius 2 is 2.00 bits per heavy atom. The number of anilines is 1. The van der Waals surface area contributed by atoms with E-state index in [1.807, 2.05) is 55.5 Å². The number of ether oxygens (including phenoxy) is 1. The van der Waals surface area contributed by atoms with Crippen LogP contribution in [-0.2, 0) is 4.74 Å². The second kappa shape index (κ2) is 8.11. The van der Waals surface area contributed by atoms with Crippen LogP contribution in [0.15, 0.2) is 48.5 Å². The van der Waals surface area contributed by atoms with Crippen LogP contribution in [0, 0.1) is 6.92 Å². The van der Waals surface area contributed by atoms with Crippen LogP contribution < -0.4 is 10.6 Å². The van der Waals surface area contributed by atoms with Crippen LogP contribution >= 0.6 is 12.4 Å². The third-order valence-corrected chi connectivity index (χ3v) is 3.75. The maximum atomic E-state index is 12.2. The Hall–Kier alpha value is -1.88. The van der Waals surface area contributed by atoms with E-state index in [0.717, 1.165) is 36.5 Å². The molecule has 0 spiro atoms. The van der Waals surface area contributed by atoms with Crippen LogP contribution in [-0.4, -0.2) is 25.6 Å². The van der Waals surface area contributed by atoms with E-state index < -0.39 is 0 Å². The molecule has 1 saturated heterocycles. The van der Waals surface area contributed by atoms with Gasteiger partial charge in [-0.05, 0) is 36.8 Å². The van der Waals surface area contributed by atoms with E-state index in [1.54, 1.807) is 0 Å². The Balaban J connectivity index is 0.00000192. The van der Waals surface area contributed by atoms with Crippen molar-refractivity contribution < 1.29 is 9.53 Å². The van der Waals surface area contributed by atoms with E-state index in [1.165, 1.54) is 0 Å². The molecule has 0 aromatic heterocycles. The first-order valence-corrected chi connectivity index (χ1v) is 7.53. The van der Waals surface area contributed by atoms with Gasteiger partial charge in [0.15, 0.2) is 0 Å². The number of carbonyl (C=O) groups is 1. The lowest BCUT2D eigenvalue weighted by molar-refractivity contribution is 0.0277. The number of morpholine rings is 1. The molecule has 1 heterocycles. The molecule has 1 aliphatic heterocycles. The number of carbonyl (C=O) groups excluding carboxylic acids is 1. The van der Waals surface area contributed by atoms with Gasteiger partial charge in [-0.15, -0.1) is 12.4 Å². The summed E-state index contributed by atoms with van der Waals surface area (Å²) in [4.78, 5) is 12.2. The molecule has 1 fully saturated rings. The average molecular weight is 333 g/mol. The monoisotopic (exact) mass is 332 g/mol. The lowest BCUT2D eigenvalue weighted by Crippen LogP contribution is -2.33. The van der Waals surface area contributed by atoms with E-state index in [2.05, 4.69) is 10.6 Å². The van der Waals surface area contributed by atoms with Crippen molar-refractivity contribution in [2.45, 2.75) is 13.0 Å². The quantitative estimate of drug-likeness (QED) is 0.906. The highest BCUT2D eigenvalue weighted by atomic mass is 35.5. The van der Waals surface area contributed by atoms with Crippen molar-refractivity contribution in [2.75, 3.05) is 25.0 Å². The highest BCUT2D eigenvalue weighted by Gasteiger charge is 2.15. The second-order valence-electron chi connectivity index (χ2n) is 5.51. The topological polar surface area (TPSA) is 50.4 Å². The van der Waals surface area contributed by atoms with Gasteiger partial charge in [0.05, 0.1) is 12.7 Å². The molecular weight excluding hydrogens is 312 g/mol. The van der Waals surface area contributed by atoms with E-state index >= 15 is 0 Å². The van der Waals surface area contributed by atoms with Gasteiger partial charge in [0.1, 0.15) is 0 Å². The van der Waals surface area contributed by atoms with Crippen LogP contribution in [0.25, 0.3) is 0 Å². The SMILES string of the molecule is Cc1cccc(C(=O)Nc2ccc([C@@H]3CNCCO3)cc2)c1.Cl. The molecule has 4 nitrogen and oxygen atoms in total. The third kappa shape index (κ3) is 4.55. The summed E-state index contributed by atoms with van der Waals surface area (Å²) in [5, 5.41) is 6.23. The molecule has 1 amide bonds. The third-order valence-electron chi connectivity index (χ3n) is 3.75. The van der Waals surface area contributed by atoms with Gasteiger partial charge in [-0.2, -0.15) is 0 Å². The fourth-order valence-electron chi connectivity index (χ4n) is 2.55. The first kappa shape index (κ1) is 17.5. The molecule has 5 heteroatoms. The van der Waals surface area contributed by atoms with Crippen molar-refractivity contribution in [2.24, 2.45) is 0 Å². The molecule has 2 aromatic carbocycles. The predicted molar refractivity (Wildman–Crippen MR) is 94.4 cm³/mol. The van der Waals surface area contributed by atoms with E-state index in [4.69, 9.17) is 4.74 Å². The van der Waals surface area contributed by atoms with Gasteiger partial charge in [-0.3, -0.25) is 4.79 Å². The summed E-state index contributed by atoms with van der Waals surface area (Å²) in [5.74, 6) is -0.0907. The summed E-state index contributed by atoms with van der Waals surface area (Å²) < 4.78 is 5.72. The molecular formula is C18H21ClN2O2. The lowest BCUT2D eigenvalue weighted by Gasteiger charge is -2.24. The van der Waals surface area contributed by atoms with Crippen molar-refractivity contribution in [1.29, 1.82) is 0 Å². The average Bonchev–Trinajstić information content (AvgIpc) is 2.56. The number of halogens is 1. The Morgan fingerprint density at radius 3 is 2.65 bits per heavy atom. The standard InChI is InChI=1S/C18H20N2O2.ClH/c1-13-3-2-4-15(11-13)18(21)20-16-7-5-14(6-8-16)17-12-19-9-10-22-17;/h2-8,11,17,19H,9-10,12H2,1H3,(H,20,21);1H/t17-;/m0./s1. The lowest BCUT2D eigenvalue weighted by atomic mass is 10.1. The van der Waals surface area contributed by atoms with Crippen LogP contribution in [0.5, 0.6) is 0 Å². The maximum Gasteiger partial charge on any atom is 0.255 e. The molecule has 0 aliphatic carbocycles. The molecule has 0 bridgehead atoms. The van der Waals surface area contributed by atoms with Gasteiger partial charge in [-0.1, -0.05) is 29.8 Å². The van der Waals surface area contributed by atoms with Crippen LogP contribution in [0.4, 0.5) is 5.69 Å². The van der Waals surface area contributed by atoms with Gasteiger partial charge in [0.25, 0.3) is 5.91 Å². The minimum Gasteiger partial charge on any atom is -0.371 e. The zero-order valence-electron chi connectivity index (χ0n) is 13.0. The van der Waals surface area contributed by atoms with Gasteiger partial charge in [0, 0.05) is 24.3 Å². The molecule has 0 radical (unpaired) electrons. The Kier molecular flexibility index (Phi) is 6.16. The summed E-state index contributed by atoms with van der Waals surface area (Å²) >= 11 is 0. The van der Waals surface area contributed by atoms with Gasteiger partial charge in [-0.25, -0.2) is 0 Å². The van der Waals surface area contributed by atoms with Crippen LogP contribution in [0.2, 0.25) is 0 Å². The number of rotatable bonds is 3. The molecule has 0 saturated carbocycles. The van der Waals surface area contributed by atoms with Crippen molar-refractivity contribution in [3.63, 3.8) is 0 Å². The zero-order chi connectivity index (χ0) is 15.4. The number of benzene rings is 2. The number of nitrogens with one attached hydrogen (secondary N) is 2. The van der Waals surface area contributed by atoms with Gasteiger partial charge in [0.2, 0.25) is 0 Å². The zero-order valence-corrected chi connectivity index (χ0v) is 13.9. The van der Waals surface area contributed by atoms with E-state index in [0.29, 0.717) is 5.56 Å². The molecule has 122 valence electrons. The second-order valence-corrected chi connectivity index (χ2v) is 5.51. The largest absolute Gasteiger partial charge is 0.371 e. The first-order chi connectivity index (χ1) is 10.7. The summed E-state index contributed by atoms with van der Waals surface area (Å²) in [5.41, 5.74) is 3.66. The molecule has 3 rings (SSSR count). The fraction of sp³-hybridized carbons (Fsp3) is 0.278. The van der Waals surface area contributed by atoms with Crippen LogP contribution in [0.1, 0.15) is 27.6 Å². The van der Waals surface area contributed by atoms with Crippen LogP contribution in [0.3, 0.4) is 0 Å². The van der Waals surface area contributed by atoms with Crippen molar-refractivity contribution in [1.82, 2.24) is 5.32 Å². The van der Waals surface area contributed by atoms with Crippen molar-refractivity contribution in [3.05, 3.63) is 65.2 Å². The first-order valence-electron chi connectivity index (χ1n) is 7.53. The molecule has 2 N–H and O–H groups in total. The predicted octanol–water partition coefficient (Wildman–Crippen LogP) is 3.33. The highest BCUT2D eigenvalue weighted by molar-refractivity contribution is 6.04. The molecule has 0 unspecified atom stereocenters. The minimum atomic E-state index is -0.0907. The van der Waals surface area contributed by atoms with Gasteiger partial charge >= 0.3 is 0 Å². The number of amides is 1. The molecule has 1 aliphatic rings. The summed E-state index contributed by atoms with van der Waals surface area (Å²) in [6, 6.07) is 15.4. The maximum absolute atomic E-state index is 12.2. The Labute approximate surface area is 142 Å². The van der Waals surface area contributed by atoms with E-state index in [-0.39, 0.29) is 24.4 Å². The normalized spacial score (nSPS) is 17.2. The molecule has 1 atom stereocenters. The molecule has 23 heavy (non-hydrogen) atoms. The number of aryl methyl sites for hydroxylation is 1. The summed E-state index contributed by atoms with van der Waals surface area (Å²) in [6.07, 6.45) is 0.0928. The van der Waals surface area contributed by atoms with E-state index in [9.17, 15) is 4.79 Å². The number of hydrogen-bond acceptors (Lipinski definition) is 3.